The van der Waals surface area contributed by atoms with Crippen LogP contribution < -0.4 is 5.32 Å². The Balaban J connectivity index is 1.77. The molecule has 0 spiro atoms. The summed E-state index contributed by atoms with van der Waals surface area (Å²) in [5.41, 5.74) is 4.29. The predicted molar refractivity (Wildman–Crippen MR) is 114 cm³/mol. The fourth-order valence-electron chi connectivity index (χ4n) is 3.80. The first-order chi connectivity index (χ1) is 14.0. The Morgan fingerprint density at radius 3 is 2.62 bits per heavy atom. The highest BCUT2D eigenvalue weighted by Gasteiger charge is 2.27. The zero-order valence-electron chi connectivity index (χ0n) is 17.8. The van der Waals surface area contributed by atoms with Gasteiger partial charge in [-0.15, -0.1) is 0 Å². The Morgan fingerprint density at radius 1 is 1.28 bits per heavy atom. The summed E-state index contributed by atoms with van der Waals surface area (Å²) in [7, 11) is 1.46. The molecule has 1 fully saturated rings. The van der Waals surface area contributed by atoms with E-state index in [2.05, 4.69) is 47.4 Å². The Morgan fingerprint density at radius 2 is 2.00 bits per heavy atom. The van der Waals surface area contributed by atoms with Gasteiger partial charge in [-0.05, 0) is 51.3 Å². The number of ether oxygens (including phenoxy) is 1. The van der Waals surface area contributed by atoms with Gasteiger partial charge in [0.1, 0.15) is 0 Å². The zero-order chi connectivity index (χ0) is 20.8. The molecule has 0 bridgehead atoms. The number of likely N-dealkylation sites (tertiary alicyclic amines) is 1. The number of carbonyl (C=O) groups excluding carboxylic acids is 1. The molecule has 1 aliphatic heterocycles. The molecule has 1 N–H and O–H groups in total. The number of para-hydroxylation sites is 1. The van der Waals surface area contributed by atoms with Crippen molar-refractivity contribution in [2.45, 2.75) is 40.2 Å². The predicted octanol–water partition coefficient (Wildman–Crippen LogP) is 2.84. The second-order valence-electron chi connectivity index (χ2n) is 7.42. The summed E-state index contributed by atoms with van der Waals surface area (Å²) in [6, 6.07) is 10.3. The fourth-order valence-corrected chi connectivity index (χ4v) is 3.80. The zero-order valence-corrected chi connectivity index (χ0v) is 17.8. The van der Waals surface area contributed by atoms with Gasteiger partial charge in [0, 0.05) is 25.3 Å². The van der Waals surface area contributed by atoms with Gasteiger partial charge in [-0.25, -0.2) is 9.67 Å². The third kappa shape index (κ3) is 4.96. The number of methoxy groups -OCH3 is 1. The largest absolute Gasteiger partial charge is 0.469 e. The number of nitrogens with one attached hydrogen (secondary N) is 1. The minimum absolute atomic E-state index is 0.00844. The van der Waals surface area contributed by atoms with Gasteiger partial charge in [0.15, 0.2) is 5.96 Å². The molecule has 29 heavy (non-hydrogen) atoms. The van der Waals surface area contributed by atoms with Gasteiger partial charge in [0.2, 0.25) is 0 Å². The first kappa shape index (κ1) is 20.9. The monoisotopic (exact) mass is 397 g/mol. The number of benzene rings is 1. The summed E-state index contributed by atoms with van der Waals surface area (Å²) in [5.74, 6) is 0.773. The number of esters is 1. The maximum atomic E-state index is 11.8. The van der Waals surface area contributed by atoms with Gasteiger partial charge in [0.25, 0.3) is 0 Å². The van der Waals surface area contributed by atoms with Gasteiger partial charge >= 0.3 is 5.97 Å². The van der Waals surface area contributed by atoms with Crippen molar-refractivity contribution in [3.8, 4) is 5.69 Å². The van der Waals surface area contributed by atoms with Crippen LogP contribution in [0.1, 0.15) is 36.7 Å². The lowest BCUT2D eigenvalue weighted by molar-refractivity contribution is -0.146. The molecule has 2 aromatic rings. The van der Waals surface area contributed by atoms with E-state index in [9.17, 15) is 4.79 Å². The number of guanidine groups is 1. The average Bonchev–Trinajstić information content (AvgIpc) is 3.08. The Kier molecular flexibility index (Phi) is 6.90. The van der Waals surface area contributed by atoms with Crippen LogP contribution in [0.5, 0.6) is 0 Å². The summed E-state index contributed by atoms with van der Waals surface area (Å²) in [6.07, 6.45) is 1.58. The number of nitrogens with zero attached hydrogens (tertiary/aromatic N) is 4. The first-order valence-corrected chi connectivity index (χ1v) is 10.3. The minimum atomic E-state index is -0.106. The molecule has 0 amide bonds. The fraction of sp³-hybridized carbons (Fsp3) is 0.500. The van der Waals surface area contributed by atoms with E-state index in [-0.39, 0.29) is 11.9 Å². The van der Waals surface area contributed by atoms with Crippen LogP contribution in [-0.4, -0.2) is 53.4 Å². The van der Waals surface area contributed by atoms with Crippen molar-refractivity contribution in [1.29, 1.82) is 0 Å². The van der Waals surface area contributed by atoms with Crippen molar-refractivity contribution in [2.24, 2.45) is 10.9 Å². The highest BCUT2D eigenvalue weighted by molar-refractivity contribution is 5.80. The van der Waals surface area contributed by atoms with E-state index < -0.39 is 0 Å². The van der Waals surface area contributed by atoms with Crippen molar-refractivity contribution in [3.63, 3.8) is 0 Å². The lowest BCUT2D eigenvalue weighted by atomic mass is 9.97. The molecule has 0 saturated carbocycles. The van der Waals surface area contributed by atoms with E-state index in [1.54, 1.807) is 0 Å². The van der Waals surface area contributed by atoms with Crippen molar-refractivity contribution < 1.29 is 9.53 Å². The topological polar surface area (TPSA) is 71.8 Å². The summed E-state index contributed by atoms with van der Waals surface area (Å²) in [5, 5.41) is 8.02. The minimum Gasteiger partial charge on any atom is -0.469 e. The highest BCUT2D eigenvalue weighted by Crippen LogP contribution is 2.20. The van der Waals surface area contributed by atoms with Crippen molar-refractivity contribution in [2.75, 3.05) is 26.7 Å². The molecule has 1 aromatic heterocycles. The summed E-state index contributed by atoms with van der Waals surface area (Å²) in [6.45, 7) is 9.10. The van der Waals surface area contributed by atoms with E-state index >= 15 is 0 Å². The van der Waals surface area contributed by atoms with Crippen LogP contribution in [-0.2, 0) is 16.1 Å². The van der Waals surface area contributed by atoms with Crippen LogP contribution in [0, 0.1) is 19.8 Å². The molecule has 3 rings (SSSR count). The standard InChI is InChI=1S/C22H31N5O2/c1-5-23-22(26-12-10-18(11-13-26)21(28)29-4)24-15-19-8-6-7-9-20(19)27-17(3)14-16(2)25-27/h6-9,14,18H,5,10-13,15H2,1-4H3,(H,23,24). The second-order valence-corrected chi connectivity index (χ2v) is 7.42. The van der Waals surface area contributed by atoms with Gasteiger partial charge in [-0.1, -0.05) is 18.2 Å². The van der Waals surface area contributed by atoms with E-state index in [1.165, 1.54) is 7.11 Å². The van der Waals surface area contributed by atoms with Crippen molar-refractivity contribution in [3.05, 3.63) is 47.3 Å². The molecule has 7 heteroatoms. The van der Waals surface area contributed by atoms with Gasteiger partial charge in [-0.2, -0.15) is 5.10 Å². The number of rotatable bonds is 5. The summed E-state index contributed by atoms with van der Waals surface area (Å²) < 4.78 is 6.87. The molecule has 1 aromatic carbocycles. The molecule has 0 radical (unpaired) electrons. The molecule has 1 saturated heterocycles. The number of piperidine rings is 1. The second kappa shape index (κ2) is 9.58. The molecule has 156 valence electrons. The Labute approximate surface area is 172 Å². The van der Waals surface area contributed by atoms with E-state index in [1.807, 2.05) is 23.7 Å². The number of hydrogen-bond donors (Lipinski definition) is 1. The molecule has 0 aliphatic carbocycles. The number of aliphatic imine (C=N–C) groups is 1. The lowest BCUT2D eigenvalue weighted by Crippen LogP contribution is -2.46. The number of aromatic nitrogens is 2. The highest BCUT2D eigenvalue weighted by atomic mass is 16.5. The van der Waals surface area contributed by atoms with Crippen LogP contribution in [0.15, 0.2) is 35.3 Å². The van der Waals surface area contributed by atoms with Crippen LogP contribution in [0.4, 0.5) is 0 Å². The van der Waals surface area contributed by atoms with Crippen LogP contribution >= 0.6 is 0 Å². The number of hydrogen-bond acceptors (Lipinski definition) is 4. The van der Waals surface area contributed by atoms with Gasteiger partial charge in [-0.3, -0.25) is 4.79 Å². The normalized spacial score (nSPS) is 15.4. The van der Waals surface area contributed by atoms with Crippen LogP contribution in [0.25, 0.3) is 5.69 Å². The molecule has 0 unspecified atom stereocenters. The van der Waals surface area contributed by atoms with Crippen LogP contribution in [0.3, 0.4) is 0 Å². The third-order valence-electron chi connectivity index (χ3n) is 5.29. The van der Waals surface area contributed by atoms with Crippen molar-refractivity contribution in [1.82, 2.24) is 20.0 Å². The maximum absolute atomic E-state index is 11.8. The molecular weight excluding hydrogens is 366 g/mol. The molecule has 1 aliphatic rings. The number of carbonyl (C=O) groups is 1. The van der Waals surface area contributed by atoms with Crippen molar-refractivity contribution >= 4 is 11.9 Å². The van der Waals surface area contributed by atoms with E-state index in [0.717, 1.165) is 61.1 Å². The third-order valence-corrected chi connectivity index (χ3v) is 5.29. The quantitative estimate of drug-likeness (QED) is 0.477. The smallest absolute Gasteiger partial charge is 0.308 e. The summed E-state index contributed by atoms with van der Waals surface area (Å²) >= 11 is 0. The average molecular weight is 398 g/mol. The van der Waals surface area contributed by atoms with E-state index in [4.69, 9.17) is 9.73 Å². The SMILES string of the molecule is CCNC(=NCc1ccccc1-n1nc(C)cc1C)N1CCC(C(=O)OC)CC1. The molecule has 2 heterocycles. The van der Waals surface area contributed by atoms with Gasteiger partial charge in [0.05, 0.1) is 31.0 Å². The first-order valence-electron chi connectivity index (χ1n) is 10.3. The van der Waals surface area contributed by atoms with Gasteiger partial charge < -0.3 is 15.0 Å². The molecular formula is C22H31N5O2. The van der Waals surface area contributed by atoms with E-state index in [0.29, 0.717) is 6.54 Å². The summed E-state index contributed by atoms with van der Waals surface area (Å²) in [4.78, 5) is 18.9. The lowest BCUT2D eigenvalue weighted by Gasteiger charge is -2.33. The molecule has 7 nitrogen and oxygen atoms in total. The molecule has 0 atom stereocenters. The Hall–Kier alpha value is -2.83. The maximum Gasteiger partial charge on any atom is 0.308 e. The number of aryl methyl sites for hydroxylation is 2. The van der Waals surface area contributed by atoms with Crippen LogP contribution in [0.2, 0.25) is 0 Å². The Bertz CT molecular complexity index is 866.